The fourth-order valence-electron chi connectivity index (χ4n) is 3.03. The molecule has 29 heavy (non-hydrogen) atoms. The molecule has 148 valence electrons. The van der Waals surface area contributed by atoms with Crippen molar-refractivity contribution in [3.8, 4) is 23.0 Å². The van der Waals surface area contributed by atoms with Crippen molar-refractivity contribution < 1.29 is 23.1 Å². The summed E-state index contributed by atoms with van der Waals surface area (Å²) >= 11 is 1.64. The largest absolute Gasteiger partial charge is 0.488 e. The van der Waals surface area contributed by atoms with Crippen LogP contribution < -0.4 is 15.1 Å². The summed E-state index contributed by atoms with van der Waals surface area (Å²) in [5.41, 5.74) is 0.801. The maximum Gasteiger partial charge on any atom is 0.343 e. The van der Waals surface area contributed by atoms with Crippen LogP contribution in [0.5, 0.6) is 11.5 Å². The van der Waals surface area contributed by atoms with Crippen LogP contribution in [0.3, 0.4) is 0 Å². The lowest BCUT2D eigenvalue weighted by Gasteiger charge is -2.10. The molecule has 4 aromatic rings. The highest BCUT2D eigenvalue weighted by atomic mass is 32.1. The Morgan fingerprint density at radius 1 is 1.10 bits per heavy atom. The van der Waals surface area contributed by atoms with Crippen molar-refractivity contribution in [1.82, 2.24) is 0 Å². The standard InChI is InChI=1S/C22H18O6S/c1-12-20(26-14(3)23)13(2)22(24)28-21(12)19-10-15-9-16(6-7-18(15)27-19)25-11-17-5-4-8-29-17/h4-10H,11H2,1-3H3. The molecule has 0 aliphatic carbocycles. The van der Waals surface area contributed by atoms with Crippen molar-refractivity contribution in [3.05, 3.63) is 68.2 Å². The molecule has 0 saturated heterocycles. The average Bonchev–Trinajstić information content (AvgIpc) is 3.35. The summed E-state index contributed by atoms with van der Waals surface area (Å²) in [5.74, 6) is 1.00. The van der Waals surface area contributed by atoms with E-state index in [2.05, 4.69) is 0 Å². The van der Waals surface area contributed by atoms with E-state index in [1.165, 1.54) is 6.92 Å². The first-order valence-electron chi connectivity index (χ1n) is 8.94. The minimum atomic E-state index is -0.581. The Bertz CT molecular complexity index is 1250. The molecule has 3 heterocycles. The van der Waals surface area contributed by atoms with E-state index in [-0.39, 0.29) is 17.1 Å². The quantitative estimate of drug-likeness (QED) is 0.419. The number of hydrogen-bond donors (Lipinski definition) is 0. The molecule has 1 aromatic carbocycles. The van der Waals surface area contributed by atoms with Crippen molar-refractivity contribution in [2.75, 3.05) is 0 Å². The van der Waals surface area contributed by atoms with Crippen molar-refractivity contribution in [1.29, 1.82) is 0 Å². The van der Waals surface area contributed by atoms with E-state index in [1.807, 2.05) is 29.6 Å². The van der Waals surface area contributed by atoms with E-state index in [9.17, 15) is 9.59 Å². The Morgan fingerprint density at radius 3 is 2.66 bits per heavy atom. The highest BCUT2D eigenvalue weighted by Crippen LogP contribution is 2.35. The number of benzene rings is 1. The smallest absolute Gasteiger partial charge is 0.343 e. The zero-order valence-electron chi connectivity index (χ0n) is 16.1. The molecule has 0 unspecified atom stereocenters. The van der Waals surface area contributed by atoms with Crippen LogP contribution in [-0.2, 0) is 11.4 Å². The molecule has 0 aliphatic heterocycles. The third-order valence-corrected chi connectivity index (χ3v) is 5.29. The van der Waals surface area contributed by atoms with E-state index in [0.717, 1.165) is 10.3 Å². The monoisotopic (exact) mass is 410 g/mol. The lowest BCUT2D eigenvalue weighted by atomic mass is 10.1. The first-order valence-corrected chi connectivity index (χ1v) is 9.82. The topological polar surface area (TPSA) is 78.9 Å². The molecule has 0 N–H and O–H groups in total. The predicted molar refractivity (Wildman–Crippen MR) is 110 cm³/mol. The minimum absolute atomic E-state index is 0.198. The van der Waals surface area contributed by atoms with E-state index >= 15 is 0 Å². The van der Waals surface area contributed by atoms with Gasteiger partial charge in [-0.05, 0) is 49.6 Å². The zero-order valence-corrected chi connectivity index (χ0v) is 16.9. The lowest BCUT2D eigenvalue weighted by molar-refractivity contribution is -0.132. The van der Waals surface area contributed by atoms with Gasteiger partial charge in [0.1, 0.15) is 23.7 Å². The van der Waals surface area contributed by atoms with Gasteiger partial charge in [0.15, 0.2) is 11.5 Å². The van der Waals surface area contributed by atoms with Crippen LogP contribution in [0.1, 0.15) is 22.9 Å². The second-order valence-corrected chi connectivity index (χ2v) is 7.60. The summed E-state index contributed by atoms with van der Waals surface area (Å²) in [4.78, 5) is 24.8. The van der Waals surface area contributed by atoms with Crippen LogP contribution in [0.2, 0.25) is 0 Å². The third-order valence-electron chi connectivity index (χ3n) is 4.44. The first-order chi connectivity index (χ1) is 13.9. The van der Waals surface area contributed by atoms with Crippen molar-refractivity contribution in [2.24, 2.45) is 0 Å². The summed E-state index contributed by atoms with van der Waals surface area (Å²) in [5, 5.41) is 2.81. The van der Waals surface area contributed by atoms with Crippen molar-refractivity contribution in [3.63, 3.8) is 0 Å². The van der Waals surface area contributed by atoms with Crippen LogP contribution >= 0.6 is 11.3 Å². The van der Waals surface area contributed by atoms with Gasteiger partial charge in [0, 0.05) is 22.8 Å². The summed E-state index contributed by atoms with van der Waals surface area (Å²) in [6.07, 6.45) is 0. The lowest BCUT2D eigenvalue weighted by Crippen LogP contribution is -2.12. The van der Waals surface area contributed by atoms with Crippen LogP contribution in [-0.4, -0.2) is 5.97 Å². The van der Waals surface area contributed by atoms with Gasteiger partial charge in [0.05, 0.1) is 5.56 Å². The summed E-state index contributed by atoms with van der Waals surface area (Å²) < 4.78 is 22.4. The molecule has 0 amide bonds. The number of rotatable bonds is 5. The van der Waals surface area contributed by atoms with E-state index in [4.69, 9.17) is 18.3 Å². The van der Waals surface area contributed by atoms with Gasteiger partial charge in [-0.2, -0.15) is 0 Å². The van der Waals surface area contributed by atoms with Crippen molar-refractivity contribution >= 4 is 28.3 Å². The van der Waals surface area contributed by atoms with Gasteiger partial charge in [0.2, 0.25) is 0 Å². The third kappa shape index (κ3) is 3.82. The molecule has 4 rings (SSSR count). The molecule has 3 aromatic heterocycles. The van der Waals surface area contributed by atoms with Gasteiger partial charge in [-0.15, -0.1) is 11.3 Å². The van der Waals surface area contributed by atoms with Gasteiger partial charge >= 0.3 is 11.6 Å². The Balaban J connectivity index is 1.70. The fraction of sp³-hybridized carbons (Fsp3) is 0.182. The Kier molecular flexibility index (Phi) is 4.98. The number of furan rings is 1. The molecule has 0 aliphatic rings. The summed E-state index contributed by atoms with van der Waals surface area (Å²) in [7, 11) is 0. The van der Waals surface area contributed by atoms with Gasteiger partial charge < -0.3 is 18.3 Å². The molecule has 0 radical (unpaired) electrons. The number of carbonyl (C=O) groups is 1. The SMILES string of the molecule is CC(=O)Oc1c(C)c(-c2cc3cc(OCc4cccs4)ccc3o2)oc(=O)c1C. The van der Waals surface area contributed by atoms with Crippen LogP contribution in [0.4, 0.5) is 0 Å². The van der Waals surface area contributed by atoms with Gasteiger partial charge in [0.25, 0.3) is 0 Å². The molecule has 0 fully saturated rings. The maximum atomic E-state index is 12.2. The summed E-state index contributed by atoms with van der Waals surface area (Å²) in [6, 6.07) is 11.3. The van der Waals surface area contributed by atoms with Crippen molar-refractivity contribution in [2.45, 2.75) is 27.4 Å². The molecular weight excluding hydrogens is 392 g/mol. The van der Waals surface area contributed by atoms with Gasteiger partial charge in [-0.1, -0.05) is 6.07 Å². The molecule has 7 heteroatoms. The van der Waals surface area contributed by atoms with Crippen LogP contribution in [0.25, 0.3) is 22.5 Å². The summed E-state index contributed by atoms with van der Waals surface area (Å²) in [6.45, 7) is 5.04. The fourth-order valence-corrected chi connectivity index (χ4v) is 3.64. The molecule has 0 spiro atoms. The number of fused-ring (bicyclic) bond motifs is 1. The minimum Gasteiger partial charge on any atom is -0.488 e. The number of ether oxygens (including phenoxy) is 2. The predicted octanol–water partition coefficient (Wildman–Crippen LogP) is 5.24. The van der Waals surface area contributed by atoms with E-state index in [0.29, 0.717) is 29.3 Å². The Hall–Kier alpha value is -3.32. The number of carbonyl (C=O) groups excluding carboxylic acids is 1. The molecule has 0 saturated carbocycles. The average molecular weight is 410 g/mol. The molecule has 0 atom stereocenters. The molecule has 6 nitrogen and oxygen atoms in total. The second-order valence-electron chi connectivity index (χ2n) is 6.57. The Morgan fingerprint density at radius 2 is 1.93 bits per heavy atom. The number of hydrogen-bond acceptors (Lipinski definition) is 7. The second kappa shape index (κ2) is 7.60. The molecule has 0 bridgehead atoms. The van der Waals surface area contributed by atoms with E-state index in [1.54, 1.807) is 37.3 Å². The zero-order chi connectivity index (χ0) is 20.5. The normalized spacial score (nSPS) is 11.0. The highest BCUT2D eigenvalue weighted by molar-refractivity contribution is 7.09. The van der Waals surface area contributed by atoms with E-state index < -0.39 is 11.6 Å². The number of thiophene rings is 1. The van der Waals surface area contributed by atoms with Crippen LogP contribution in [0, 0.1) is 13.8 Å². The molecular formula is C22H18O6S. The maximum absolute atomic E-state index is 12.2. The highest BCUT2D eigenvalue weighted by Gasteiger charge is 2.21. The van der Waals surface area contributed by atoms with Gasteiger partial charge in [-0.25, -0.2) is 4.79 Å². The van der Waals surface area contributed by atoms with Gasteiger partial charge in [-0.3, -0.25) is 4.79 Å². The first kappa shape index (κ1) is 19.0. The Labute approximate surface area is 170 Å². The number of esters is 1. The van der Waals surface area contributed by atoms with Crippen LogP contribution in [0.15, 0.2) is 55.4 Å².